The number of ether oxygens (including phenoxy) is 2. The first kappa shape index (κ1) is 20.6. The van der Waals surface area contributed by atoms with Crippen molar-refractivity contribution in [2.75, 3.05) is 53.6 Å². The monoisotopic (exact) mass is 322 g/mol. The van der Waals surface area contributed by atoms with E-state index in [0.717, 1.165) is 32.5 Å². The molecule has 1 aliphatic heterocycles. The average Bonchev–Trinajstić information content (AvgIpc) is 2.49. The second-order valence-electron chi connectivity index (χ2n) is 5.45. The zero-order chi connectivity index (χ0) is 14.6. The van der Waals surface area contributed by atoms with E-state index in [0.29, 0.717) is 32.1 Å². The molecular weight excluding hydrogens is 292 g/mol. The molecule has 1 rings (SSSR count). The molecule has 0 radical (unpaired) electrons. The SMILES string of the molecule is COCCCN(CCOC)C(=O)CCC1CCNCC1.Cl. The van der Waals surface area contributed by atoms with E-state index in [2.05, 4.69) is 5.32 Å². The molecule has 0 saturated carbocycles. The summed E-state index contributed by atoms with van der Waals surface area (Å²) in [6.07, 6.45) is 4.99. The van der Waals surface area contributed by atoms with E-state index in [4.69, 9.17) is 9.47 Å². The largest absolute Gasteiger partial charge is 0.385 e. The minimum Gasteiger partial charge on any atom is -0.385 e. The summed E-state index contributed by atoms with van der Waals surface area (Å²) in [6, 6.07) is 0. The third kappa shape index (κ3) is 9.30. The molecule has 1 fully saturated rings. The molecule has 1 heterocycles. The molecule has 21 heavy (non-hydrogen) atoms. The Morgan fingerprint density at radius 2 is 1.81 bits per heavy atom. The second-order valence-corrected chi connectivity index (χ2v) is 5.45. The number of carbonyl (C=O) groups is 1. The highest BCUT2D eigenvalue weighted by Crippen LogP contribution is 2.18. The van der Waals surface area contributed by atoms with Crippen molar-refractivity contribution in [3.8, 4) is 0 Å². The Hall–Kier alpha value is -0.360. The number of nitrogens with zero attached hydrogens (tertiary/aromatic N) is 1. The van der Waals surface area contributed by atoms with E-state index >= 15 is 0 Å². The van der Waals surface area contributed by atoms with Crippen LogP contribution < -0.4 is 5.32 Å². The summed E-state index contributed by atoms with van der Waals surface area (Å²) >= 11 is 0. The first-order chi connectivity index (χ1) is 9.77. The summed E-state index contributed by atoms with van der Waals surface area (Å²) < 4.78 is 10.1. The molecule has 0 aromatic rings. The summed E-state index contributed by atoms with van der Waals surface area (Å²) in [6.45, 7) is 4.95. The van der Waals surface area contributed by atoms with Crippen LogP contribution in [0.25, 0.3) is 0 Å². The molecule has 6 heteroatoms. The van der Waals surface area contributed by atoms with Crippen LogP contribution in [0.2, 0.25) is 0 Å². The first-order valence-corrected chi connectivity index (χ1v) is 7.74. The molecule has 0 bridgehead atoms. The third-order valence-corrected chi connectivity index (χ3v) is 3.92. The van der Waals surface area contributed by atoms with Crippen molar-refractivity contribution in [3.63, 3.8) is 0 Å². The van der Waals surface area contributed by atoms with Gasteiger partial charge in [-0.25, -0.2) is 0 Å². The van der Waals surface area contributed by atoms with Crippen molar-refractivity contribution in [2.45, 2.75) is 32.1 Å². The number of carbonyl (C=O) groups excluding carboxylic acids is 1. The fourth-order valence-electron chi connectivity index (χ4n) is 2.62. The number of halogens is 1. The zero-order valence-corrected chi connectivity index (χ0v) is 14.3. The van der Waals surface area contributed by atoms with E-state index < -0.39 is 0 Å². The zero-order valence-electron chi connectivity index (χ0n) is 13.4. The fraction of sp³-hybridized carbons (Fsp3) is 0.933. The van der Waals surface area contributed by atoms with Crippen molar-refractivity contribution < 1.29 is 14.3 Å². The van der Waals surface area contributed by atoms with Gasteiger partial charge in [-0.05, 0) is 44.7 Å². The lowest BCUT2D eigenvalue weighted by molar-refractivity contribution is -0.132. The second kappa shape index (κ2) is 13.3. The van der Waals surface area contributed by atoms with E-state index in [1.165, 1.54) is 12.8 Å². The van der Waals surface area contributed by atoms with Crippen LogP contribution in [0.1, 0.15) is 32.1 Å². The van der Waals surface area contributed by atoms with Crippen molar-refractivity contribution in [3.05, 3.63) is 0 Å². The summed E-state index contributed by atoms with van der Waals surface area (Å²) in [5.74, 6) is 0.972. The highest BCUT2D eigenvalue weighted by molar-refractivity contribution is 5.85. The quantitative estimate of drug-likeness (QED) is 0.622. The molecule has 0 aliphatic carbocycles. The normalized spacial score (nSPS) is 15.5. The lowest BCUT2D eigenvalue weighted by Crippen LogP contribution is -2.36. The van der Waals surface area contributed by atoms with E-state index in [9.17, 15) is 4.79 Å². The average molecular weight is 323 g/mol. The molecular formula is C15H31ClN2O3. The number of hydrogen-bond acceptors (Lipinski definition) is 4. The van der Waals surface area contributed by atoms with Crippen LogP contribution in [0.15, 0.2) is 0 Å². The molecule has 0 aromatic carbocycles. The van der Waals surface area contributed by atoms with E-state index in [-0.39, 0.29) is 18.3 Å². The van der Waals surface area contributed by atoms with Gasteiger partial charge >= 0.3 is 0 Å². The summed E-state index contributed by atoms with van der Waals surface area (Å²) in [7, 11) is 3.37. The number of hydrogen-bond donors (Lipinski definition) is 1. The van der Waals surface area contributed by atoms with Crippen LogP contribution in [-0.2, 0) is 14.3 Å². The van der Waals surface area contributed by atoms with Crippen LogP contribution in [0.3, 0.4) is 0 Å². The molecule has 5 nitrogen and oxygen atoms in total. The van der Waals surface area contributed by atoms with Crippen LogP contribution in [0.4, 0.5) is 0 Å². The molecule has 1 N–H and O–H groups in total. The highest BCUT2D eigenvalue weighted by atomic mass is 35.5. The van der Waals surface area contributed by atoms with Crippen molar-refractivity contribution in [1.29, 1.82) is 0 Å². The van der Waals surface area contributed by atoms with Gasteiger partial charge in [-0.2, -0.15) is 0 Å². The number of amides is 1. The minimum absolute atomic E-state index is 0. The molecule has 0 spiro atoms. The lowest BCUT2D eigenvalue weighted by Gasteiger charge is -2.25. The topological polar surface area (TPSA) is 50.8 Å². The number of nitrogens with one attached hydrogen (secondary N) is 1. The predicted molar refractivity (Wildman–Crippen MR) is 87.0 cm³/mol. The van der Waals surface area contributed by atoms with Crippen LogP contribution in [-0.4, -0.2) is 64.4 Å². The van der Waals surface area contributed by atoms with Gasteiger partial charge in [0.2, 0.25) is 5.91 Å². The molecule has 126 valence electrons. The molecule has 1 amide bonds. The molecule has 0 aromatic heterocycles. The molecule has 0 unspecified atom stereocenters. The predicted octanol–water partition coefficient (Wildman–Crippen LogP) is 1.70. The van der Waals surface area contributed by atoms with Gasteiger partial charge in [0.05, 0.1) is 6.61 Å². The van der Waals surface area contributed by atoms with Crippen LogP contribution in [0.5, 0.6) is 0 Å². The highest BCUT2D eigenvalue weighted by Gasteiger charge is 2.17. The maximum Gasteiger partial charge on any atom is 0.222 e. The van der Waals surface area contributed by atoms with Crippen molar-refractivity contribution in [2.24, 2.45) is 5.92 Å². The van der Waals surface area contributed by atoms with E-state index in [1.807, 2.05) is 4.90 Å². The Morgan fingerprint density at radius 3 is 2.43 bits per heavy atom. The summed E-state index contributed by atoms with van der Waals surface area (Å²) in [5, 5.41) is 3.36. The van der Waals surface area contributed by atoms with Gasteiger partial charge in [0, 0.05) is 40.3 Å². The standard InChI is InChI=1S/C15H30N2O3.ClH/c1-19-12-3-10-17(11-13-20-2)15(18)5-4-14-6-8-16-9-7-14;/h14,16H,3-13H2,1-2H3;1H. The first-order valence-electron chi connectivity index (χ1n) is 7.74. The minimum atomic E-state index is 0. The van der Waals surface area contributed by atoms with Gasteiger partial charge in [-0.15, -0.1) is 12.4 Å². The Kier molecular flexibility index (Phi) is 13.1. The van der Waals surface area contributed by atoms with Gasteiger partial charge in [-0.3, -0.25) is 4.79 Å². The van der Waals surface area contributed by atoms with Gasteiger partial charge in [0.1, 0.15) is 0 Å². The third-order valence-electron chi connectivity index (χ3n) is 3.92. The molecule has 1 aliphatic rings. The van der Waals surface area contributed by atoms with Crippen molar-refractivity contribution >= 4 is 18.3 Å². The Balaban J connectivity index is 0.00000400. The Bertz CT molecular complexity index is 261. The smallest absolute Gasteiger partial charge is 0.222 e. The van der Waals surface area contributed by atoms with Gasteiger partial charge in [0.25, 0.3) is 0 Å². The van der Waals surface area contributed by atoms with Gasteiger partial charge in [-0.1, -0.05) is 0 Å². The molecule has 1 saturated heterocycles. The fourth-order valence-corrected chi connectivity index (χ4v) is 2.62. The van der Waals surface area contributed by atoms with Gasteiger partial charge in [0.15, 0.2) is 0 Å². The maximum absolute atomic E-state index is 12.3. The molecule has 0 atom stereocenters. The van der Waals surface area contributed by atoms with Crippen LogP contribution in [0, 0.1) is 5.92 Å². The summed E-state index contributed by atoms with van der Waals surface area (Å²) in [4.78, 5) is 14.2. The number of rotatable bonds is 10. The number of piperidine rings is 1. The van der Waals surface area contributed by atoms with E-state index in [1.54, 1.807) is 14.2 Å². The maximum atomic E-state index is 12.3. The Labute approximate surface area is 135 Å². The lowest BCUT2D eigenvalue weighted by atomic mass is 9.93. The van der Waals surface area contributed by atoms with Crippen LogP contribution >= 0.6 is 12.4 Å². The van der Waals surface area contributed by atoms with Crippen molar-refractivity contribution in [1.82, 2.24) is 10.2 Å². The Morgan fingerprint density at radius 1 is 1.14 bits per heavy atom. The number of methoxy groups -OCH3 is 2. The summed E-state index contributed by atoms with van der Waals surface area (Å²) in [5.41, 5.74) is 0. The van der Waals surface area contributed by atoms with Gasteiger partial charge < -0.3 is 19.7 Å².